The van der Waals surface area contributed by atoms with Gasteiger partial charge in [-0.15, -0.1) is 11.8 Å². The highest BCUT2D eigenvalue weighted by atomic mass is 32.2. The lowest BCUT2D eigenvalue weighted by Crippen LogP contribution is -2.27. The second-order valence-corrected chi connectivity index (χ2v) is 7.67. The molecule has 1 aliphatic heterocycles. The number of aryl methyl sites for hydroxylation is 1. The fourth-order valence-electron chi connectivity index (χ4n) is 2.40. The molecule has 0 aromatic heterocycles. The lowest BCUT2D eigenvalue weighted by Gasteiger charge is -2.21. The number of ether oxygens (including phenoxy) is 1. The summed E-state index contributed by atoms with van der Waals surface area (Å²) in [6.45, 7) is 2.55. The number of carbonyl (C=O) groups is 1. The molecule has 1 amide bonds. The van der Waals surface area contributed by atoms with Crippen molar-refractivity contribution in [3.63, 3.8) is 0 Å². The molecule has 5 heteroatoms. The summed E-state index contributed by atoms with van der Waals surface area (Å²) in [7, 11) is 0. The predicted octanol–water partition coefficient (Wildman–Crippen LogP) is 3.37. The first-order chi connectivity index (χ1) is 10.8. The average molecular weight is 340 g/mol. The van der Waals surface area contributed by atoms with Crippen LogP contribution >= 0.6 is 23.5 Å². The molecule has 3 nitrogen and oxygen atoms in total. The van der Waals surface area contributed by atoms with E-state index in [1.54, 1.807) is 11.8 Å². The molecule has 0 atom stereocenters. The molecular formula is C17H25NO2S2. The number of hydrogen-bond acceptors (Lipinski definition) is 4. The van der Waals surface area contributed by atoms with Crippen molar-refractivity contribution in [3.05, 3.63) is 29.8 Å². The number of nitrogens with one attached hydrogen (secondary N) is 1. The molecule has 0 saturated carbocycles. The van der Waals surface area contributed by atoms with Crippen LogP contribution in [0.5, 0.6) is 0 Å². The van der Waals surface area contributed by atoms with Gasteiger partial charge in [-0.1, -0.05) is 12.1 Å². The van der Waals surface area contributed by atoms with Crippen LogP contribution in [-0.2, 0) is 16.0 Å². The van der Waals surface area contributed by atoms with Crippen LogP contribution in [0, 0.1) is 0 Å². The first-order valence-electron chi connectivity index (χ1n) is 7.87. The van der Waals surface area contributed by atoms with Crippen molar-refractivity contribution in [1.29, 1.82) is 0 Å². The number of benzene rings is 1. The molecule has 0 unspecified atom stereocenters. The number of rotatable bonds is 8. The van der Waals surface area contributed by atoms with E-state index in [4.69, 9.17) is 4.74 Å². The number of amides is 1. The van der Waals surface area contributed by atoms with E-state index < -0.39 is 0 Å². The van der Waals surface area contributed by atoms with Crippen LogP contribution in [0.4, 0.5) is 0 Å². The fourth-order valence-corrected chi connectivity index (χ4v) is 3.88. The molecule has 1 aromatic carbocycles. The number of carbonyl (C=O) groups excluding carboxylic acids is 1. The van der Waals surface area contributed by atoms with Crippen LogP contribution < -0.4 is 5.32 Å². The van der Waals surface area contributed by atoms with Crippen molar-refractivity contribution < 1.29 is 9.53 Å². The maximum absolute atomic E-state index is 11.8. The van der Waals surface area contributed by atoms with E-state index in [-0.39, 0.29) is 5.91 Å². The van der Waals surface area contributed by atoms with Crippen LogP contribution in [0.2, 0.25) is 0 Å². The summed E-state index contributed by atoms with van der Waals surface area (Å²) in [5.41, 5.74) is 1.23. The Morgan fingerprint density at radius 2 is 2.00 bits per heavy atom. The van der Waals surface area contributed by atoms with Gasteiger partial charge in [0.2, 0.25) is 5.91 Å². The maximum atomic E-state index is 11.8. The van der Waals surface area contributed by atoms with Crippen molar-refractivity contribution in [2.24, 2.45) is 0 Å². The van der Waals surface area contributed by atoms with Gasteiger partial charge in [0.05, 0.1) is 0 Å². The van der Waals surface area contributed by atoms with E-state index in [1.165, 1.54) is 10.5 Å². The molecule has 122 valence electrons. The SMILES string of the molecule is CSc1ccc(CCC(=O)NCCSC2CCOCC2)cc1. The number of thioether (sulfide) groups is 2. The first kappa shape index (κ1) is 17.7. The molecule has 0 aliphatic carbocycles. The minimum absolute atomic E-state index is 0.154. The van der Waals surface area contributed by atoms with Gasteiger partial charge in [0.25, 0.3) is 0 Å². The Morgan fingerprint density at radius 1 is 1.27 bits per heavy atom. The zero-order chi connectivity index (χ0) is 15.6. The summed E-state index contributed by atoms with van der Waals surface area (Å²) in [6, 6.07) is 8.45. The normalized spacial score (nSPS) is 15.7. The molecular weight excluding hydrogens is 314 g/mol. The van der Waals surface area contributed by atoms with Gasteiger partial charge >= 0.3 is 0 Å². The van der Waals surface area contributed by atoms with E-state index in [0.29, 0.717) is 11.7 Å². The Balaban J connectivity index is 1.55. The lowest BCUT2D eigenvalue weighted by atomic mass is 10.1. The Bertz CT molecular complexity index is 444. The average Bonchev–Trinajstić information content (AvgIpc) is 2.58. The van der Waals surface area contributed by atoms with Crippen molar-refractivity contribution >= 4 is 29.4 Å². The van der Waals surface area contributed by atoms with E-state index in [9.17, 15) is 4.79 Å². The van der Waals surface area contributed by atoms with Crippen LogP contribution in [0.1, 0.15) is 24.8 Å². The molecule has 1 aliphatic rings. The van der Waals surface area contributed by atoms with E-state index in [0.717, 1.165) is 44.8 Å². The van der Waals surface area contributed by atoms with Gasteiger partial charge in [-0.3, -0.25) is 4.79 Å². The van der Waals surface area contributed by atoms with Crippen LogP contribution in [0.15, 0.2) is 29.2 Å². The third kappa shape index (κ3) is 6.63. The van der Waals surface area contributed by atoms with E-state index in [2.05, 4.69) is 35.8 Å². The van der Waals surface area contributed by atoms with Crippen LogP contribution in [0.25, 0.3) is 0 Å². The molecule has 1 heterocycles. The largest absolute Gasteiger partial charge is 0.381 e. The van der Waals surface area contributed by atoms with Crippen molar-refractivity contribution in [1.82, 2.24) is 5.32 Å². The molecule has 1 saturated heterocycles. The monoisotopic (exact) mass is 339 g/mol. The quantitative estimate of drug-likeness (QED) is 0.582. The lowest BCUT2D eigenvalue weighted by molar-refractivity contribution is -0.120. The Morgan fingerprint density at radius 3 is 2.68 bits per heavy atom. The molecule has 1 aromatic rings. The molecule has 0 radical (unpaired) electrons. The summed E-state index contributed by atoms with van der Waals surface area (Å²) >= 11 is 3.70. The highest BCUT2D eigenvalue weighted by Crippen LogP contribution is 2.21. The number of hydrogen-bond donors (Lipinski definition) is 1. The second kappa shape index (κ2) is 10.2. The first-order valence-corrected chi connectivity index (χ1v) is 10.1. The predicted molar refractivity (Wildman–Crippen MR) is 95.9 cm³/mol. The molecule has 1 N–H and O–H groups in total. The summed E-state index contributed by atoms with van der Waals surface area (Å²) in [6.07, 6.45) is 5.74. The minimum atomic E-state index is 0.154. The topological polar surface area (TPSA) is 38.3 Å². The van der Waals surface area contributed by atoms with E-state index in [1.807, 2.05) is 11.8 Å². The highest BCUT2D eigenvalue weighted by Gasteiger charge is 2.13. The van der Waals surface area contributed by atoms with E-state index >= 15 is 0 Å². The van der Waals surface area contributed by atoms with Crippen LogP contribution in [0.3, 0.4) is 0 Å². The summed E-state index contributed by atoms with van der Waals surface area (Å²) in [5, 5.41) is 3.73. The third-order valence-electron chi connectivity index (χ3n) is 3.75. The Kier molecular flexibility index (Phi) is 8.20. The van der Waals surface area contributed by atoms with Gasteiger partial charge in [-0.25, -0.2) is 0 Å². The zero-order valence-electron chi connectivity index (χ0n) is 13.2. The van der Waals surface area contributed by atoms with Crippen molar-refractivity contribution in [2.75, 3.05) is 31.8 Å². The van der Waals surface area contributed by atoms with Gasteiger partial charge in [0.1, 0.15) is 0 Å². The van der Waals surface area contributed by atoms with Crippen LogP contribution in [-0.4, -0.2) is 42.9 Å². The minimum Gasteiger partial charge on any atom is -0.381 e. The molecule has 1 fully saturated rings. The smallest absolute Gasteiger partial charge is 0.220 e. The van der Waals surface area contributed by atoms with Gasteiger partial charge in [0.15, 0.2) is 0 Å². The summed E-state index contributed by atoms with van der Waals surface area (Å²) in [5.74, 6) is 1.15. The van der Waals surface area contributed by atoms with Crippen molar-refractivity contribution in [2.45, 2.75) is 35.8 Å². The van der Waals surface area contributed by atoms with Gasteiger partial charge < -0.3 is 10.1 Å². The Hall–Kier alpha value is -0.650. The second-order valence-electron chi connectivity index (χ2n) is 5.38. The maximum Gasteiger partial charge on any atom is 0.220 e. The molecule has 0 spiro atoms. The standard InChI is InChI=1S/C17H25NO2S2/c1-21-15-5-2-14(3-6-15)4-7-17(19)18-10-13-22-16-8-11-20-12-9-16/h2-3,5-6,16H,4,7-13H2,1H3,(H,18,19). The fraction of sp³-hybridized carbons (Fsp3) is 0.588. The molecule has 0 bridgehead atoms. The van der Waals surface area contributed by atoms with Gasteiger partial charge in [-0.2, -0.15) is 11.8 Å². The van der Waals surface area contributed by atoms with Gasteiger partial charge in [0, 0.05) is 42.1 Å². The third-order valence-corrected chi connectivity index (χ3v) is 5.87. The Labute approximate surface area is 142 Å². The highest BCUT2D eigenvalue weighted by molar-refractivity contribution is 7.99. The zero-order valence-corrected chi connectivity index (χ0v) is 14.8. The molecule has 22 heavy (non-hydrogen) atoms. The van der Waals surface area contributed by atoms with Crippen molar-refractivity contribution in [3.8, 4) is 0 Å². The summed E-state index contributed by atoms with van der Waals surface area (Å²) in [4.78, 5) is 13.1. The molecule has 2 rings (SSSR count). The van der Waals surface area contributed by atoms with Gasteiger partial charge in [-0.05, 0) is 43.2 Å². The summed E-state index contributed by atoms with van der Waals surface area (Å²) < 4.78 is 5.35.